The molecule has 0 radical (unpaired) electrons. The number of carbonyl (C=O) groups is 1. The van der Waals surface area contributed by atoms with E-state index in [4.69, 9.17) is 21.1 Å². The summed E-state index contributed by atoms with van der Waals surface area (Å²) < 4.78 is 24.9. The summed E-state index contributed by atoms with van der Waals surface area (Å²) in [7, 11) is 0. The first-order valence-corrected chi connectivity index (χ1v) is 8.62. The topological polar surface area (TPSA) is 47.6 Å². The maximum atomic E-state index is 13.6. The van der Waals surface area contributed by atoms with E-state index in [9.17, 15) is 9.18 Å². The van der Waals surface area contributed by atoms with Crippen molar-refractivity contribution in [1.82, 2.24) is 5.32 Å². The summed E-state index contributed by atoms with van der Waals surface area (Å²) in [5, 5.41) is 3.12. The van der Waals surface area contributed by atoms with E-state index in [1.54, 1.807) is 6.07 Å². The molecular formula is C16H20BrClFNO3. The Morgan fingerprint density at radius 2 is 2.09 bits per heavy atom. The second-order valence-electron chi connectivity index (χ2n) is 6.60. The van der Waals surface area contributed by atoms with Gasteiger partial charge < -0.3 is 14.8 Å². The predicted octanol–water partition coefficient (Wildman–Crippen LogP) is 5.07. The summed E-state index contributed by atoms with van der Waals surface area (Å²) >= 11 is 9.01. The van der Waals surface area contributed by atoms with Crippen LogP contribution in [0.25, 0.3) is 0 Å². The summed E-state index contributed by atoms with van der Waals surface area (Å²) in [5.41, 5.74) is -0.526. The molecule has 1 amide bonds. The molecule has 1 aromatic carbocycles. The zero-order valence-corrected chi connectivity index (χ0v) is 15.6. The average molecular weight is 409 g/mol. The van der Waals surface area contributed by atoms with Crippen LogP contribution in [-0.4, -0.2) is 23.8 Å². The normalized spacial score (nSPS) is 21.1. The highest BCUT2D eigenvalue weighted by Gasteiger charge is 2.29. The summed E-state index contributed by atoms with van der Waals surface area (Å²) in [6, 6.07) is 2.78. The van der Waals surface area contributed by atoms with Crippen molar-refractivity contribution in [2.75, 3.05) is 0 Å². The molecule has 1 saturated carbocycles. The van der Waals surface area contributed by atoms with E-state index in [2.05, 4.69) is 21.2 Å². The van der Waals surface area contributed by atoms with Crippen LogP contribution in [0.5, 0.6) is 5.75 Å². The van der Waals surface area contributed by atoms with Crippen molar-refractivity contribution in [2.45, 2.75) is 57.8 Å². The van der Waals surface area contributed by atoms with Crippen LogP contribution >= 0.6 is 27.5 Å². The molecule has 1 aliphatic rings. The highest BCUT2D eigenvalue weighted by atomic mass is 79.9. The molecule has 2 atom stereocenters. The van der Waals surface area contributed by atoms with Gasteiger partial charge in [-0.15, -0.1) is 0 Å². The van der Waals surface area contributed by atoms with Gasteiger partial charge in [-0.3, -0.25) is 0 Å². The lowest BCUT2D eigenvalue weighted by atomic mass is 10.2. The molecule has 2 rings (SSSR count). The van der Waals surface area contributed by atoms with Crippen LogP contribution in [0.3, 0.4) is 0 Å². The van der Waals surface area contributed by atoms with Gasteiger partial charge in [0.25, 0.3) is 0 Å². The van der Waals surface area contributed by atoms with Gasteiger partial charge in [-0.05, 0) is 55.6 Å². The molecule has 0 heterocycles. The highest BCUT2D eigenvalue weighted by Crippen LogP contribution is 2.34. The van der Waals surface area contributed by atoms with E-state index in [1.165, 1.54) is 6.07 Å². The summed E-state index contributed by atoms with van der Waals surface area (Å²) in [4.78, 5) is 11.8. The smallest absolute Gasteiger partial charge is 0.407 e. The Labute approximate surface area is 148 Å². The molecule has 7 heteroatoms. The molecule has 23 heavy (non-hydrogen) atoms. The SMILES string of the molecule is CC(C)(C)OC(=O)N[C@H]1CC[C@@H](Oc2cc(Cl)cc(F)c2Br)C1. The molecule has 0 spiro atoms. The quantitative estimate of drug-likeness (QED) is 0.711. The second-order valence-corrected chi connectivity index (χ2v) is 7.83. The first kappa shape index (κ1) is 18.3. The number of amides is 1. The number of hydrogen-bond donors (Lipinski definition) is 1. The molecular weight excluding hydrogens is 389 g/mol. The number of carbonyl (C=O) groups excluding carboxylic acids is 1. The molecule has 4 nitrogen and oxygen atoms in total. The minimum absolute atomic E-state index is 0.0161. The van der Waals surface area contributed by atoms with Crippen LogP contribution in [0.4, 0.5) is 9.18 Å². The number of halogens is 3. The number of nitrogens with one attached hydrogen (secondary N) is 1. The van der Waals surface area contributed by atoms with Crippen molar-refractivity contribution < 1.29 is 18.7 Å². The van der Waals surface area contributed by atoms with E-state index >= 15 is 0 Å². The third-order valence-electron chi connectivity index (χ3n) is 3.36. The fourth-order valence-electron chi connectivity index (χ4n) is 2.45. The standard InChI is InChI=1S/C16H20BrClFNO3/c1-16(2,3)23-15(21)20-10-4-5-11(8-10)22-13-7-9(18)6-12(19)14(13)17/h6-7,10-11H,4-5,8H2,1-3H3,(H,20,21)/t10-,11+/m0/s1. The van der Waals surface area contributed by atoms with Gasteiger partial charge in [0, 0.05) is 23.6 Å². The Balaban J connectivity index is 1.90. The molecule has 128 valence electrons. The lowest BCUT2D eigenvalue weighted by Crippen LogP contribution is -2.38. The van der Waals surface area contributed by atoms with Gasteiger partial charge in [-0.1, -0.05) is 11.6 Å². The lowest BCUT2D eigenvalue weighted by molar-refractivity contribution is 0.0503. The monoisotopic (exact) mass is 407 g/mol. The lowest BCUT2D eigenvalue weighted by Gasteiger charge is -2.22. The van der Waals surface area contributed by atoms with Gasteiger partial charge >= 0.3 is 6.09 Å². The highest BCUT2D eigenvalue weighted by molar-refractivity contribution is 9.10. The third kappa shape index (κ3) is 5.53. The van der Waals surface area contributed by atoms with E-state index in [-0.39, 0.29) is 21.6 Å². The molecule has 0 aliphatic heterocycles. The van der Waals surface area contributed by atoms with Crippen molar-refractivity contribution in [1.29, 1.82) is 0 Å². The molecule has 1 N–H and O–H groups in total. The molecule has 1 aliphatic carbocycles. The Hall–Kier alpha value is -1.01. The Kier molecular flexibility index (Phi) is 5.79. The van der Waals surface area contributed by atoms with E-state index in [1.807, 2.05) is 20.8 Å². The summed E-state index contributed by atoms with van der Waals surface area (Å²) in [5.74, 6) is -0.0909. The number of benzene rings is 1. The van der Waals surface area contributed by atoms with Crippen molar-refractivity contribution in [3.05, 3.63) is 27.4 Å². The largest absolute Gasteiger partial charge is 0.489 e. The van der Waals surface area contributed by atoms with Crippen molar-refractivity contribution >= 4 is 33.6 Å². The van der Waals surface area contributed by atoms with Crippen molar-refractivity contribution in [3.63, 3.8) is 0 Å². The minimum atomic E-state index is -0.526. The van der Waals surface area contributed by atoms with Gasteiger partial charge in [0.1, 0.15) is 23.3 Å². The van der Waals surface area contributed by atoms with Gasteiger partial charge in [0.2, 0.25) is 0 Å². The van der Waals surface area contributed by atoms with Crippen LogP contribution < -0.4 is 10.1 Å². The van der Waals surface area contributed by atoms with E-state index in [0.29, 0.717) is 12.2 Å². The third-order valence-corrected chi connectivity index (χ3v) is 4.35. The zero-order chi connectivity index (χ0) is 17.2. The molecule has 0 unspecified atom stereocenters. The first-order chi connectivity index (χ1) is 10.6. The molecule has 1 aromatic rings. The van der Waals surface area contributed by atoms with Gasteiger partial charge in [-0.2, -0.15) is 0 Å². The molecule has 1 fully saturated rings. The zero-order valence-electron chi connectivity index (χ0n) is 13.3. The Bertz CT molecular complexity index is 591. The van der Waals surface area contributed by atoms with E-state index < -0.39 is 17.5 Å². The maximum absolute atomic E-state index is 13.6. The number of alkyl carbamates (subject to hydrolysis) is 1. The number of ether oxygens (including phenoxy) is 2. The maximum Gasteiger partial charge on any atom is 0.407 e. The number of hydrogen-bond acceptors (Lipinski definition) is 3. The molecule has 0 bridgehead atoms. The first-order valence-electron chi connectivity index (χ1n) is 7.45. The van der Waals surface area contributed by atoms with Crippen molar-refractivity contribution in [3.8, 4) is 5.75 Å². The van der Waals surface area contributed by atoms with Gasteiger partial charge in [0.15, 0.2) is 0 Å². The Morgan fingerprint density at radius 3 is 2.74 bits per heavy atom. The predicted molar refractivity (Wildman–Crippen MR) is 90.5 cm³/mol. The van der Waals surface area contributed by atoms with Crippen LogP contribution in [0.1, 0.15) is 40.0 Å². The number of rotatable bonds is 3. The fourth-order valence-corrected chi connectivity index (χ4v) is 2.97. The van der Waals surface area contributed by atoms with Gasteiger partial charge in [-0.25, -0.2) is 9.18 Å². The van der Waals surface area contributed by atoms with Crippen LogP contribution in [0.2, 0.25) is 5.02 Å². The summed E-state index contributed by atoms with van der Waals surface area (Å²) in [6.45, 7) is 5.45. The van der Waals surface area contributed by atoms with Crippen molar-refractivity contribution in [2.24, 2.45) is 0 Å². The van der Waals surface area contributed by atoms with Crippen LogP contribution in [0, 0.1) is 5.82 Å². The average Bonchev–Trinajstić information content (AvgIpc) is 2.80. The molecule has 0 saturated heterocycles. The molecule has 0 aromatic heterocycles. The van der Waals surface area contributed by atoms with Crippen LogP contribution in [0.15, 0.2) is 16.6 Å². The second kappa shape index (κ2) is 7.26. The Morgan fingerprint density at radius 1 is 1.39 bits per heavy atom. The van der Waals surface area contributed by atoms with Gasteiger partial charge in [0.05, 0.1) is 4.47 Å². The fraction of sp³-hybridized carbons (Fsp3) is 0.562. The van der Waals surface area contributed by atoms with Crippen LogP contribution in [-0.2, 0) is 4.74 Å². The minimum Gasteiger partial charge on any atom is -0.489 e. The van der Waals surface area contributed by atoms with E-state index in [0.717, 1.165) is 12.8 Å². The summed E-state index contributed by atoms with van der Waals surface area (Å²) in [6.07, 6.45) is 1.65.